The fourth-order valence-electron chi connectivity index (χ4n) is 4.98. The molecule has 2 fully saturated rings. The lowest BCUT2D eigenvalue weighted by atomic mass is 9.97. The lowest BCUT2D eigenvalue weighted by Crippen LogP contribution is -2.27. The molecule has 0 saturated carbocycles. The monoisotopic (exact) mass is 505 g/mol. The number of amides is 2. The second kappa shape index (κ2) is 9.91. The molecule has 2 N–H and O–H groups in total. The molecule has 3 heterocycles. The van der Waals surface area contributed by atoms with Crippen LogP contribution in [0.3, 0.4) is 0 Å². The van der Waals surface area contributed by atoms with Gasteiger partial charge in [0.05, 0.1) is 11.8 Å². The first-order chi connectivity index (χ1) is 17.3. The molecule has 2 aliphatic heterocycles. The highest BCUT2D eigenvalue weighted by atomic mass is 35.5. The van der Waals surface area contributed by atoms with Crippen molar-refractivity contribution in [2.75, 3.05) is 18.1 Å². The summed E-state index contributed by atoms with van der Waals surface area (Å²) in [6, 6.07) is 14.8. The molecule has 2 amide bonds. The maximum absolute atomic E-state index is 13.2. The fourth-order valence-corrected chi connectivity index (χ4v) is 5.15. The third-order valence-electron chi connectivity index (χ3n) is 6.62. The van der Waals surface area contributed by atoms with E-state index in [1.807, 2.05) is 32.0 Å². The Morgan fingerprint density at radius 3 is 2.61 bits per heavy atom. The second-order valence-electron chi connectivity index (χ2n) is 9.52. The van der Waals surface area contributed by atoms with Gasteiger partial charge in [0, 0.05) is 41.6 Å². The van der Waals surface area contributed by atoms with Crippen LogP contribution in [0, 0.1) is 13.8 Å². The van der Waals surface area contributed by atoms with E-state index in [9.17, 15) is 9.59 Å². The smallest absolute Gasteiger partial charge is 0.248 e. The standard InChI is InChI=1S/C28H28ClN3O4/c1-16-8-17(2)10-21(9-16)36-25-14-20(29)5-6-22(25)19-13-27(33)32(15-19)26-12-18(28(30)34)11-23(31-26)24-4-3-7-35-24/h5-6,8-12,14,19,24H,3-4,7,13,15H2,1-2H3,(H2,30,34). The number of nitrogens with zero attached hydrogens (tertiary/aromatic N) is 2. The third-order valence-corrected chi connectivity index (χ3v) is 6.85. The van der Waals surface area contributed by atoms with Crippen molar-refractivity contribution in [2.24, 2.45) is 5.73 Å². The molecule has 0 spiro atoms. The Labute approximate surface area is 215 Å². The van der Waals surface area contributed by atoms with Crippen molar-refractivity contribution in [1.29, 1.82) is 0 Å². The predicted octanol–water partition coefficient (Wildman–Crippen LogP) is 5.62. The lowest BCUT2D eigenvalue weighted by molar-refractivity contribution is -0.117. The number of pyridine rings is 1. The first-order valence-electron chi connectivity index (χ1n) is 12.1. The van der Waals surface area contributed by atoms with E-state index in [0.717, 1.165) is 29.5 Å². The molecule has 2 aromatic carbocycles. The number of carbonyl (C=O) groups excluding carboxylic acids is 2. The molecule has 8 heteroatoms. The van der Waals surface area contributed by atoms with E-state index in [2.05, 4.69) is 6.07 Å². The maximum atomic E-state index is 13.2. The van der Waals surface area contributed by atoms with Crippen LogP contribution in [-0.2, 0) is 9.53 Å². The van der Waals surface area contributed by atoms with E-state index in [1.165, 1.54) is 0 Å². The van der Waals surface area contributed by atoms with Gasteiger partial charge < -0.3 is 15.2 Å². The summed E-state index contributed by atoms with van der Waals surface area (Å²) in [5, 5.41) is 0.552. The van der Waals surface area contributed by atoms with Gasteiger partial charge in [0.15, 0.2) is 0 Å². The molecule has 0 radical (unpaired) electrons. The Hall–Kier alpha value is -3.42. The van der Waals surface area contributed by atoms with Crippen LogP contribution in [0.1, 0.15) is 64.0 Å². The molecule has 2 saturated heterocycles. The number of carbonyl (C=O) groups is 2. The Bertz CT molecular complexity index is 1320. The summed E-state index contributed by atoms with van der Waals surface area (Å²) in [5.41, 5.74) is 9.61. The highest BCUT2D eigenvalue weighted by Crippen LogP contribution is 2.40. The number of hydrogen-bond acceptors (Lipinski definition) is 5. The zero-order chi connectivity index (χ0) is 25.4. The van der Waals surface area contributed by atoms with Crippen LogP contribution < -0.4 is 15.4 Å². The number of benzene rings is 2. The van der Waals surface area contributed by atoms with Crippen LogP contribution in [0.4, 0.5) is 5.82 Å². The van der Waals surface area contributed by atoms with E-state index < -0.39 is 5.91 Å². The van der Waals surface area contributed by atoms with Gasteiger partial charge in [-0.3, -0.25) is 14.5 Å². The van der Waals surface area contributed by atoms with Crippen molar-refractivity contribution in [3.05, 3.63) is 81.5 Å². The Balaban J connectivity index is 1.45. The van der Waals surface area contributed by atoms with Crippen LogP contribution in [0.2, 0.25) is 5.02 Å². The first kappa shape index (κ1) is 24.3. The van der Waals surface area contributed by atoms with Gasteiger partial charge in [-0.25, -0.2) is 4.98 Å². The summed E-state index contributed by atoms with van der Waals surface area (Å²) >= 11 is 6.31. The van der Waals surface area contributed by atoms with Crippen molar-refractivity contribution in [2.45, 2.75) is 45.1 Å². The lowest BCUT2D eigenvalue weighted by Gasteiger charge is -2.20. The summed E-state index contributed by atoms with van der Waals surface area (Å²) < 4.78 is 12.0. The number of anilines is 1. The van der Waals surface area contributed by atoms with Gasteiger partial charge >= 0.3 is 0 Å². The third kappa shape index (κ3) is 5.08. The first-order valence-corrected chi connectivity index (χ1v) is 12.4. The van der Waals surface area contributed by atoms with E-state index in [1.54, 1.807) is 29.2 Å². The average Bonchev–Trinajstić information content (AvgIpc) is 3.48. The fraction of sp³-hybridized carbons (Fsp3) is 0.321. The summed E-state index contributed by atoms with van der Waals surface area (Å²) in [5.74, 6) is 0.957. The minimum Gasteiger partial charge on any atom is -0.457 e. The Morgan fingerprint density at radius 2 is 1.92 bits per heavy atom. The molecule has 5 rings (SSSR count). The molecule has 2 atom stereocenters. The number of aromatic nitrogens is 1. The number of hydrogen-bond donors (Lipinski definition) is 1. The SMILES string of the molecule is Cc1cc(C)cc(Oc2cc(Cl)ccc2C2CC(=O)N(c3cc(C(N)=O)cc(C4CCCO4)n3)C2)c1. The van der Waals surface area contributed by atoms with Gasteiger partial charge in [-0.1, -0.05) is 23.7 Å². The Kier molecular flexibility index (Phi) is 6.69. The van der Waals surface area contributed by atoms with Crippen molar-refractivity contribution in [3.8, 4) is 11.5 Å². The topological polar surface area (TPSA) is 94.8 Å². The molecule has 36 heavy (non-hydrogen) atoms. The van der Waals surface area contributed by atoms with E-state index in [-0.39, 0.29) is 24.3 Å². The number of ether oxygens (including phenoxy) is 2. The van der Waals surface area contributed by atoms with E-state index >= 15 is 0 Å². The van der Waals surface area contributed by atoms with Gasteiger partial charge in [0.1, 0.15) is 17.3 Å². The number of rotatable bonds is 6. The highest BCUT2D eigenvalue weighted by Gasteiger charge is 2.35. The largest absolute Gasteiger partial charge is 0.457 e. The van der Waals surface area contributed by atoms with Gasteiger partial charge in [-0.2, -0.15) is 0 Å². The van der Waals surface area contributed by atoms with Crippen LogP contribution in [-0.4, -0.2) is 29.9 Å². The quantitative estimate of drug-likeness (QED) is 0.469. The van der Waals surface area contributed by atoms with Crippen molar-refractivity contribution in [3.63, 3.8) is 0 Å². The van der Waals surface area contributed by atoms with Crippen molar-refractivity contribution in [1.82, 2.24) is 4.98 Å². The molecule has 3 aromatic rings. The van der Waals surface area contributed by atoms with E-state index in [4.69, 9.17) is 31.8 Å². The molecule has 2 aliphatic rings. The molecule has 186 valence electrons. The molecular weight excluding hydrogens is 478 g/mol. The number of nitrogens with two attached hydrogens (primary N) is 1. The van der Waals surface area contributed by atoms with Gasteiger partial charge in [-0.15, -0.1) is 0 Å². The summed E-state index contributed by atoms with van der Waals surface area (Å²) in [6.45, 7) is 5.07. The predicted molar refractivity (Wildman–Crippen MR) is 138 cm³/mol. The maximum Gasteiger partial charge on any atom is 0.248 e. The van der Waals surface area contributed by atoms with Crippen LogP contribution in [0.5, 0.6) is 11.5 Å². The van der Waals surface area contributed by atoms with Crippen LogP contribution in [0.25, 0.3) is 0 Å². The van der Waals surface area contributed by atoms with Gasteiger partial charge in [0.25, 0.3) is 0 Å². The molecule has 0 aliphatic carbocycles. The van der Waals surface area contributed by atoms with Crippen LogP contribution in [0.15, 0.2) is 48.5 Å². The molecule has 0 bridgehead atoms. The minimum atomic E-state index is -0.567. The summed E-state index contributed by atoms with van der Waals surface area (Å²) in [6.07, 6.45) is 1.82. The Morgan fingerprint density at radius 1 is 1.14 bits per heavy atom. The second-order valence-corrected chi connectivity index (χ2v) is 9.95. The highest BCUT2D eigenvalue weighted by molar-refractivity contribution is 6.30. The number of aryl methyl sites for hydroxylation is 2. The molecule has 2 unspecified atom stereocenters. The van der Waals surface area contributed by atoms with E-state index in [0.29, 0.717) is 46.7 Å². The molecule has 7 nitrogen and oxygen atoms in total. The van der Waals surface area contributed by atoms with Gasteiger partial charge in [0.2, 0.25) is 11.8 Å². The zero-order valence-electron chi connectivity index (χ0n) is 20.3. The number of halogens is 1. The van der Waals surface area contributed by atoms with Gasteiger partial charge in [-0.05, 0) is 74.2 Å². The van der Waals surface area contributed by atoms with Crippen molar-refractivity contribution < 1.29 is 19.1 Å². The summed E-state index contributed by atoms with van der Waals surface area (Å²) in [7, 11) is 0. The van der Waals surface area contributed by atoms with Crippen molar-refractivity contribution >= 4 is 29.2 Å². The molecular formula is C28H28ClN3O4. The zero-order valence-corrected chi connectivity index (χ0v) is 21.0. The molecule has 1 aromatic heterocycles. The summed E-state index contributed by atoms with van der Waals surface area (Å²) in [4.78, 5) is 31.5. The van der Waals surface area contributed by atoms with Crippen LogP contribution >= 0.6 is 11.6 Å². The number of primary amides is 1. The minimum absolute atomic E-state index is 0.0836. The normalized spacial score (nSPS) is 19.6. The average molecular weight is 506 g/mol.